The molecule has 0 rings (SSSR count). The number of ether oxygens (including phenoxy) is 1. The first-order valence-corrected chi connectivity index (χ1v) is 5.18. The number of hydrogen-bond donors (Lipinski definition) is 3. The van der Waals surface area contributed by atoms with Gasteiger partial charge in [-0.25, -0.2) is 14.0 Å². The van der Waals surface area contributed by atoms with Gasteiger partial charge in [0.15, 0.2) is 6.17 Å². The van der Waals surface area contributed by atoms with Gasteiger partial charge in [-0.3, -0.25) is 4.79 Å². The Hall–Kier alpha value is -1.86. The molecule has 18 heavy (non-hydrogen) atoms. The maximum atomic E-state index is 13.0. The first-order valence-electron chi connectivity index (χ1n) is 5.18. The van der Waals surface area contributed by atoms with E-state index in [1.54, 1.807) is 20.8 Å². The molecule has 8 heteroatoms. The van der Waals surface area contributed by atoms with Crippen molar-refractivity contribution in [3.05, 3.63) is 0 Å². The number of amides is 2. The van der Waals surface area contributed by atoms with Crippen molar-refractivity contribution < 1.29 is 28.6 Å². The number of nitrogens with two attached hydrogens (primary N) is 1. The van der Waals surface area contributed by atoms with Crippen molar-refractivity contribution in [3.63, 3.8) is 0 Å². The minimum Gasteiger partial charge on any atom is -0.480 e. The van der Waals surface area contributed by atoms with Crippen LogP contribution in [0.3, 0.4) is 0 Å². The van der Waals surface area contributed by atoms with Gasteiger partial charge in [-0.1, -0.05) is 0 Å². The second-order valence-corrected chi connectivity index (χ2v) is 4.64. The van der Waals surface area contributed by atoms with E-state index in [-0.39, 0.29) is 0 Å². The van der Waals surface area contributed by atoms with Gasteiger partial charge in [0.1, 0.15) is 11.6 Å². The second kappa shape index (κ2) is 6.18. The Morgan fingerprint density at radius 2 is 1.89 bits per heavy atom. The van der Waals surface area contributed by atoms with E-state index >= 15 is 0 Å². The van der Waals surface area contributed by atoms with Crippen LogP contribution in [0.2, 0.25) is 0 Å². The molecule has 0 aliphatic rings. The lowest BCUT2D eigenvalue weighted by Gasteiger charge is -2.22. The number of aliphatic carboxylic acids is 1. The van der Waals surface area contributed by atoms with Crippen LogP contribution in [0.25, 0.3) is 0 Å². The maximum Gasteiger partial charge on any atom is 0.408 e. The lowest BCUT2D eigenvalue weighted by Crippen LogP contribution is -2.46. The molecule has 0 aromatic heterocycles. The van der Waals surface area contributed by atoms with E-state index in [9.17, 15) is 18.8 Å². The number of halogens is 1. The van der Waals surface area contributed by atoms with Gasteiger partial charge in [0.25, 0.3) is 5.91 Å². The largest absolute Gasteiger partial charge is 0.480 e. The van der Waals surface area contributed by atoms with Crippen LogP contribution in [0.5, 0.6) is 0 Å². The molecular formula is C10H17FN2O5. The van der Waals surface area contributed by atoms with Crippen LogP contribution in [0.4, 0.5) is 9.18 Å². The van der Waals surface area contributed by atoms with Gasteiger partial charge in [-0.15, -0.1) is 0 Å². The van der Waals surface area contributed by atoms with Crippen LogP contribution >= 0.6 is 0 Å². The third-order valence-electron chi connectivity index (χ3n) is 1.74. The highest BCUT2D eigenvalue weighted by molar-refractivity contribution is 5.83. The van der Waals surface area contributed by atoms with Crippen LogP contribution in [0, 0.1) is 0 Å². The van der Waals surface area contributed by atoms with Crippen LogP contribution in [-0.2, 0) is 14.3 Å². The number of carboxylic acid groups (broad SMARTS) is 1. The fourth-order valence-electron chi connectivity index (χ4n) is 0.994. The first kappa shape index (κ1) is 16.1. The van der Waals surface area contributed by atoms with Gasteiger partial charge < -0.3 is 20.9 Å². The lowest BCUT2D eigenvalue weighted by molar-refractivity contribution is -0.140. The molecule has 0 aliphatic heterocycles. The summed E-state index contributed by atoms with van der Waals surface area (Å²) in [6.07, 6.45) is -3.91. The maximum absolute atomic E-state index is 13.0. The lowest BCUT2D eigenvalue weighted by atomic mass is 10.1. The Morgan fingerprint density at radius 3 is 2.22 bits per heavy atom. The van der Waals surface area contributed by atoms with Gasteiger partial charge in [-0.05, 0) is 20.8 Å². The summed E-state index contributed by atoms with van der Waals surface area (Å²) in [5.74, 6) is -2.77. The average molecular weight is 264 g/mol. The highest BCUT2D eigenvalue weighted by Crippen LogP contribution is 2.08. The number of rotatable bonds is 5. The predicted molar refractivity (Wildman–Crippen MR) is 59.5 cm³/mol. The van der Waals surface area contributed by atoms with Crippen molar-refractivity contribution in [3.8, 4) is 0 Å². The zero-order chi connectivity index (χ0) is 14.5. The Bertz CT molecular complexity index is 340. The van der Waals surface area contributed by atoms with Gasteiger partial charge in [0, 0.05) is 6.42 Å². The number of carbonyl (C=O) groups is 3. The summed E-state index contributed by atoms with van der Waals surface area (Å²) in [6, 6.07) is -1.58. The number of carboxylic acids is 1. The highest BCUT2D eigenvalue weighted by atomic mass is 19.1. The third kappa shape index (κ3) is 6.66. The molecule has 2 amide bonds. The molecule has 2 atom stereocenters. The van der Waals surface area contributed by atoms with Crippen LogP contribution in [0.15, 0.2) is 0 Å². The summed E-state index contributed by atoms with van der Waals surface area (Å²) in [5, 5.41) is 10.7. The van der Waals surface area contributed by atoms with Crippen molar-refractivity contribution in [1.82, 2.24) is 5.32 Å². The standard InChI is InChI=1S/C10H17FN2O5/c1-10(2,3)18-9(17)13-6(8(15)16)4-5(11)7(12)14/h5-6H,4H2,1-3H3,(H2,12,14)(H,13,17)(H,15,16)/t5-,6+/m0/s1. The number of hydrogen-bond acceptors (Lipinski definition) is 4. The molecule has 0 aliphatic carbocycles. The zero-order valence-corrected chi connectivity index (χ0v) is 10.4. The van der Waals surface area contributed by atoms with Crippen LogP contribution in [-0.4, -0.2) is 40.9 Å². The molecule has 0 aromatic carbocycles. The van der Waals surface area contributed by atoms with Crippen LogP contribution in [0.1, 0.15) is 27.2 Å². The van der Waals surface area contributed by atoms with Gasteiger partial charge in [-0.2, -0.15) is 0 Å². The zero-order valence-electron chi connectivity index (χ0n) is 10.4. The normalized spacial score (nSPS) is 14.4. The molecule has 0 saturated heterocycles. The molecule has 0 spiro atoms. The van der Waals surface area contributed by atoms with E-state index in [0.717, 1.165) is 0 Å². The fourth-order valence-corrected chi connectivity index (χ4v) is 0.994. The van der Waals surface area contributed by atoms with Gasteiger partial charge >= 0.3 is 12.1 Å². The monoisotopic (exact) mass is 264 g/mol. The molecular weight excluding hydrogens is 247 g/mol. The van der Waals surface area contributed by atoms with E-state index in [1.165, 1.54) is 0 Å². The summed E-state index contributed by atoms with van der Waals surface area (Å²) in [4.78, 5) is 32.5. The Labute approximate surface area is 103 Å². The number of primary amides is 1. The molecule has 0 bridgehead atoms. The van der Waals surface area contributed by atoms with Gasteiger partial charge in [0.05, 0.1) is 0 Å². The molecule has 0 fully saturated rings. The summed E-state index contributed by atoms with van der Waals surface area (Å²) in [5.41, 5.74) is 3.85. The summed E-state index contributed by atoms with van der Waals surface area (Å²) in [6.45, 7) is 4.76. The van der Waals surface area contributed by atoms with Gasteiger partial charge in [0.2, 0.25) is 0 Å². The Morgan fingerprint density at radius 1 is 1.39 bits per heavy atom. The molecule has 0 unspecified atom stereocenters. The van der Waals surface area contributed by atoms with Crippen molar-refractivity contribution in [2.75, 3.05) is 0 Å². The SMILES string of the molecule is CC(C)(C)OC(=O)N[C@H](C[C@H](F)C(N)=O)C(=O)O. The molecule has 0 saturated carbocycles. The Balaban J connectivity index is 4.50. The number of carbonyl (C=O) groups excluding carboxylic acids is 2. The van der Waals surface area contributed by atoms with Crippen LogP contribution < -0.4 is 11.1 Å². The smallest absolute Gasteiger partial charge is 0.408 e. The quantitative estimate of drug-likeness (QED) is 0.654. The summed E-state index contributed by atoms with van der Waals surface area (Å²) >= 11 is 0. The minimum atomic E-state index is -2.15. The van der Waals surface area contributed by atoms with E-state index in [4.69, 9.17) is 9.84 Å². The summed E-state index contributed by atoms with van der Waals surface area (Å²) < 4.78 is 17.8. The fraction of sp³-hybridized carbons (Fsp3) is 0.700. The molecule has 0 aromatic rings. The predicted octanol–water partition coefficient (Wildman–Crippen LogP) is 0.178. The van der Waals surface area contributed by atoms with Crippen molar-refractivity contribution in [2.24, 2.45) is 5.73 Å². The molecule has 7 nitrogen and oxygen atoms in total. The number of nitrogens with one attached hydrogen (secondary N) is 1. The summed E-state index contributed by atoms with van der Waals surface area (Å²) in [7, 11) is 0. The minimum absolute atomic E-state index is 0.746. The van der Waals surface area contributed by atoms with Crippen molar-refractivity contribution in [2.45, 2.75) is 45.0 Å². The highest BCUT2D eigenvalue weighted by Gasteiger charge is 2.28. The topological polar surface area (TPSA) is 119 Å². The Kier molecular flexibility index (Phi) is 5.54. The van der Waals surface area contributed by atoms with E-state index < -0.39 is 42.2 Å². The van der Waals surface area contributed by atoms with Crippen molar-refractivity contribution >= 4 is 18.0 Å². The molecule has 104 valence electrons. The number of alkyl halides is 1. The molecule has 0 radical (unpaired) electrons. The van der Waals surface area contributed by atoms with E-state index in [2.05, 4.69) is 5.73 Å². The third-order valence-corrected chi connectivity index (χ3v) is 1.74. The van der Waals surface area contributed by atoms with E-state index in [1.807, 2.05) is 5.32 Å². The van der Waals surface area contributed by atoms with E-state index in [0.29, 0.717) is 0 Å². The number of alkyl carbamates (subject to hydrolysis) is 1. The first-order chi connectivity index (χ1) is 8.03. The molecule has 4 N–H and O–H groups in total. The average Bonchev–Trinajstić information content (AvgIpc) is 2.12. The second-order valence-electron chi connectivity index (χ2n) is 4.64. The molecule has 0 heterocycles. The van der Waals surface area contributed by atoms with Crippen molar-refractivity contribution in [1.29, 1.82) is 0 Å².